The molecule has 0 radical (unpaired) electrons. The smallest absolute Gasteiger partial charge is 0.254 e. The number of aromatic nitrogens is 1. The largest absolute Gasteiger partial charge is 0.349 e. The molecule has 0 aliphatic rings. The Morgan fingerprint density at radius 3 is 2.94 bits per heavy atom. The Kier molecular flexibility index (Phi) is 5.55. The summed E-state index contributed by atoms with van der Waals surface area (Å²) in [6, 6.07) is 1.42. The van der Waals surface area contributed by atoms with E-state index in [0.29, 0.717) is 15.8 Å². The summed E-state index contributed by atoms with van der Waals surface area (Å²) in [6.07, 6.45) is 3.11. The van der Waals surface area contributed by atoms with Gasteiger partial charge in [-0.1, -0.05) is 11.6 Å². The van der Waals surface area contributed by atoms with Crippen LogP contribution in [0.3, 0.4) is 0 Å². The van der Waals surface area contributed by atoms with E-state index in [2.05, 4.69) is 26.2 Å². The standard InChI is InChI=1S/C10H12BrClN2O2S/c1-6(5-17(2)16)14-10(15)8-3-7(11)4-13-9(8)12/h3-4,6H,5H2,1-2H3,(H,14,15). The van der Waals surface area contributed by atoms with Crippen LogP contribution < -0.4 is 5.32 Å². The van der Waals surface area contributed by atoms with Gasteiger partial charge in [0.25, 0.3) is 5.91 Å². The first kappa shape index (κ1) is 14.6. The lowest BCUT2D eigenvalue weighted by molar-refractivity contribution is 0.0943. The molecule has 0 bridgehead atoms. The summed E-state index contributed by atoms with van der Waals surface area (Å²) in [5, 5.41) is 2.87. The van der Waals surface area contributed by atoms with Gasteiger partial charge in [0.15, 0.2) is 0 Å². The lowest BCUT2D eigenvalue weighted by Crippen LogP contribution is -2.36. The summed E-state index contributed by atoms with van der Waals surface area (Å²) in [5.41, 5.74) is 0.301. The van der Waals surface area contributed by atoms with Crippen LogP contribution in [-0.4, -0.2) is 33.2 Å². The van der Waals surface area contributed by atoms with E-state index in [0.717, 1.165) is 0 Å². The lowest BCUT2D eigenvalue weighted by Gasteiger charge is -2.12. The second kappa shape index (κ2) is 6.47. The molecule has 17 heavy (non-hydrogen) atoms. The predicted octanol–water partition coefficient (Wildman–Crippen LogP) is 1.99. The van der Waals surface area contributed by atoms with Crippen molar-refractivity contribution in [3.63, 3.8) is 0 Å². The Balaban J connectivity index is 2.76. The highest BCUT2D eigenvalue weighted by molar-refractivity contribution is 9.10. The average molecular weight is 340 g/mol. The number of hydrogen-bond acceptors (Lipinski definition) is 3. The van der Waals surface area contributed by atoms with Crippen molar-refractivity contribution in [3.8, 4) is 0 Å². The monoisotopic (exact) mass is 338 g/mol. The predicted molar refractivity (Wildman–Crippen MR) is 72.8 cm³/mol. The third-order valence-electron chi connectivity index (χ3n) is 1.91. The zero-order chi connectivity index (χ0) is 13.0. The Bertz CT molecular complexity index is 456. The summed E-state index contributed by atoms with van der Waals surface area (Å²) in [4.78, 5) is 15.7. The molecule has 1 amide bonds. The number of nitrogens with zero attached hydrogens (tertiary/aromatic N) is 1. The SMILES string of the molecule is CC(CS(C)=O)NC(=O)c1cc(Br)cnc1Cl. The number of rotatable bonds is 4. The van der Waals surface area contributed by atoms with Crippen LogP contribution in [0.5, 0.6) is 0 Å². The molecule has 2 unspecified atom stereocenters. The molecule has 2 atom stereocenters. The fraction of sp³-hybridized carbons (Fsp3) is 0.400. The Hall–Kier alpha value is -0.460. The van der Waals surface area contributed by atoms with E-state index < -0.39 is 10.8 Å². The molecule has 1 aromatic rings. The molecular formula is C10H12BrClN2O2S. The van der Waals surface area contributed by atoms with Gasteiger partial charge in [-0.2, -0.15) is 0 Å². The first-order valence-electron chi connectivity index (χ1n) is 4.82. The summed E-state index contributed by atoms with van der Waals surface area (Å²) < 4.78 is 11.7. The summed E-state index contributed by atoms with van der Waals surface area (Å²) in [6.45, 7) is 1.79. The van der Waals surface area contributed by atoms with Crippen LogP contribution in [0.15, 0.2) is 16.7 Å². The van der Waals surface area contributed by atoms with Gasteiger partial charge in [-0.05, 0) is 28.9 Å². The van der Waals surface area contributed by atoms with Gasteiger partial charge in [0.05, 0.1) is 5.56 Å². The van der Waals surface area contributed by atoms with E-state index in [1.807, 2.05) is 0 Å². The van der Waals surface area contributed by atoms with Crippen LogP contribution in [-0.2, 0) is 10.8 Å². The van der Waals surface area contributed by atoms with E-state index in [1.165, 1.54) is 6.20 Å². The lowest BCUT2D eigenvalue weighted by atomic mass is 10.2. The molecule has 1 aromatic heterocycles. The fourth-order valence-corrected chi connectivity index (χ4v) is 2.59. The van der Waals surface area contributed by atoms with E-state index in [-0.39, 0.29) is 17.1 Å². The minimum Gasteiger partial charge on any atom is -0.349 e. The van der Waals surface area contributed by atoms with Crippen molar-refractivity contribution in [1.82, 2.24) is 10.3 Å². The Labute approximate surface area is 116 Å². The van der Waals surface area contributed by atoms with E-state index in [4.69, 9.17) is 11.6 Å². The molecule has 0 aromatic carbocycles. The molecule has 1 rings (SSSR count). The number of carbonyl (C=O) groups excluding carboxylic acids is 1. The molecule has 0 aliphatic heterocycles. The maximum Gasteiger partial charge on any atom is 0.254 e. The topological polar surface area (TPSA) is 59.1 Å². The summed E-state index contributed by atoms with van der Waals surface area (Å²) in [7, 11) is -0.951. The van der Waals surface area contributed by atoms with Gasteiger partial charge in [-0.15, -0.1) is 0 Å². The number of nitrogens with one attached hydrogen (secondary N) is 1. The second-order valence-electron chi connectivity index (χ2n) is 3.61. The van der Waals surface area contributed by atoms with Gasteiger partial charge in [-0.25, -0.2) is 4.98 Å². The van der Waals surface area contributed by atoms with Crippen LogP contribution in [0.1, 0.15) is 17.3 Å². The molecule has 1 N–H and O–H groups in total. The third kappa shape index (κ3) is 4.73. The van der Waals surface area contributed by atoms with Crippen LogP contribution in [0.4, 0.5) is 0 Å². The van der Waals surface area contributed by atoms with Crippen LogP contribution in [0.25, 0.3) is 0 Å². The molecule has 0 saturated heterocycles. The average Bonchev–Trinajstić information content (AvgIpc) is 2.20. The normalized spacial score (nSPS) is 14.1. The molecule has 7 heteroatoms. The van der Waals surface area contributed by atoms with Crippen molar-refractivity contribution < 1.29 is 9.00 Å². The second-order valence-corrected chi connectivity index (χ2v) is 6.36. The molecule has 4 nitrogen and oxygen atoms in total. The number of halogens is 2. The first-order valence-corrected chi connectivity index (χ1v) is 7.72. The molecule has 94 valence electrons. The van der Waals surface area contributed by atoms with Crippen LogP contribution in [0, 0.1) is 0 Å². The number of pyridine rings is 1. The summed E-state index contributed by atoms with van der Waals surface area (Å²) in [5.74, 6) is 0.0897. The highest BCUT2D eigenvalue weighted by atomic mass is 79.9. The quantitative estimate of drug-likeness (QED) is 0.854. The first-order chi connectivity index (χ1) is 7.90. The van der Waals surface area contributed by atoms with Gasteiger partial charge in [0.1, 0.15) is 5.15 Å². The number of hydrogen-bond donors (Lipinski definition) is 1. The Morgan fingerprint density at radius 2 is 2.35 bits per heavy atom. The number of amides is 1. The highest BCUT2D eigenvalue weighted by Crippen LogP contribution is 2.17. The maximum absolute atomic E-state index is 11.9. The van der Waals surface area contributed by atoms with Crippen molar-refractivity contribution in [3.05, 3.63) is 27.5 Å². The zero-order valence-electron chi connectivity index (χ0n) is 9.37. The minimum atomic E-state index is -0.951. The van der Waals surface area contributed by atoms with Gasteiger partial charge in [0, 0.05) is 39.5 Å². The molecular weight excluding hydrogens is 328 g/mol. The van der Waals surface area contributed by atoms with Gasteiger partial charge >= 0.3 is 0 Å². The molecule has 0 saturated carbocycles. The van der Waals surface area contributed by atoms with Crippen molar-refractivity contribution in [1.29, 1.82) is 0 Å². The van der Waals surface area contributed by atoms with Crippen molar-refractivity contribution in [2.75, 3.05) is 12.0 Å². The molecule has 0 aliphatic carbocycles. The fourth-order valence-electron chi connectivity index (χ4n) is 1.28. The van der Waals surface area contributed by atoms with E-state index >= 15 is 0 Å². The minimum absolute atomic E-state index is 0.149. The van der Waals surface area contributed by atoms with Gasteiger partial charge in [-0.3, -0.25) is 9.00 Å². The van der Waals surface area contributed by atoms with Gasteiger partial charge in [0.2, 0.25) is 0 Å². The van der Waals surface area contributed by atoms with Gasteiger partial charge < -0.3 is 5.32 Å². The molecule has 0 spiro atoms. The third-order valence-corrected chi connectivity index (χ3v) is 3.62. The Morgan fingerprint density at radius 1 is 1.71 bits per heavy atom. The zero-order valence-corrected chi connectivity index (χ0v) is 12.5. The van der Waals surface area contributed by atoms with Crippen molar-refractivity contribution in [2.45, 2.75) is 13.0 Å². The van der Waals surface area contributed by atoms with Crippen molar-refractivity contribution in [2.24, 2.45) is 0 Å². The molecule has 1 heterocycles. The maximum atomic E-state index is 11.9. The highest BCUT2D eigenvalue weighted by Gasteiger charge is 2.15. The summed E-state index contributed by atoms with van der Waals surface area (Å²) >= 11 is 9.05. The van der Waals surface area contributed by atoms with Crippen LogP contribution in [0.2, 0.25) is 5.15 Å². The van der Waals surface area contributed by atoms with Crippen LogP contribution >= 0.6 is 27.5 Å². The van der Waals surface area contributed by atoms with Crippen molar-refractivity contribution >= 4 is 44.2 Å². The van der Waals surface area contributed by atoms with E-state index in [1.54, 1.807) is 19.2 Å². The van der Waals surface area contributed by atoms with E-state index in [9.17, 15) is 9.00 Å². The molecule has 0 fully saturated rings. The number of carbonyl (C=O) groups is 1.